The van der Waals surface area contributed by atoms with Gasteiger partial charge in [-0.05, 0) is 128 Å². The van der Waals surface area contributed by atoms with Crippen molar-refractivity contribution in [1.82, 2.24) is 0 Å². The minimum Gasteiger partial charge on any atom is -0.462 e. The van der Waals surface area contributed by atoms with E-state index in [0.29, 0.717) is 19.3 Å². The summed E-state index contributed by atoms with van der Waals surface area (Å²) in [5.41, 5.74) is 0. The molecule has 0 aromatic rings. The van der Waals surface area contributed by atoms with Crippen LogP contribution < -0.4 is 0 Å². The van der Waals surface area contributed by atoms with E-state index in [1.54, 1.807) is 0 Å². The Labute approximate surface area is 514 Å². The zero-order chi connectivity index (χ0) is 59.9. The van der Waals surface area contributed by atoms with Crippen LogP contribution in [0, 0.1) is 0 Å². The third kappa shape index (κ3) is 68.7. The van der Waals surface area contributed by atoms with Gasteiger partial charge in [-0.3, -0.25) is 14.4 Å². The molecule has 0 aromatic heterocycles. The molecule has 476 valence electrons. The van der Waals surface area contributed by atoms with Gasteiger partial charge in [0, 0.05) is 19.3 Å². The SMILES string of the molecule is CC/C=C\C/C=C\C/C=C\C/C=C\C/C=C\C/C=C\CCCCCCCCCCCCC(=O)OCC(COC(=O)CCCCCCC/C=C\CCCCCC)OC(=O)CCCCCCCCCCCCC/C=C\C/C=C\CCCCCCC. The van der Waals surface area contributed by atoms with E-state index in [1.807, 2.05) is 0 Å². The van der Waals surface area contributed by atoms with Gasteiger partial charge in [0.1, 0.15) is 13.2 Å². The lowest BCUT2D eigenvalue weighted by Gasteiger charge is -2.18. The largest absolute Gasteiger partial charge is 0.462 e. The van der Waals surface area contributed by atoms with Crippen molar-refractivity contribution in [2.75, 3.05) is 13.2 Å². The minimum absolute atomic E-state index is 0.0826. The molecule has 1 atom stereocenters. The van der Waals surface area contributed by atoms with E-state index < -0.39 is 6.10 Å². The summed E-state index contributed by atoms with van der Waals surface area (Å²) in [5.74, 6) is -0.884. The highest BCUT2D eigenvalue weighted by Crippen LogP contribution is 2.17. The Balaban J connectivity index is 4.30. The molecule has 0 radical (unpaired) electrons. The van der Waals surface area contributed by atoms with Crippen LogP contribution in [-0.2, 0) is 28.6 Å². The third-order valence-corrected chi connectivity index (χ3v) is 15.2. The molecule has 0 rings (SSSR count). The molecule has 0 bridgehead atoms. The number of hydrogen-bond acceptors (Lipinski definition) is 6. The number of ether oxygens (including phenoxy) is 3. The summed E-state index contributed by atoms with van der Waals surface area (Å²) in [7, 11) is 0. The van der Waals surface area contributed by atoms with E-state index in [0.717, 1.165) is 109 Å². The molecule has 0 saturated carbocycles. The van der Waals surface area contributed by atoms with Gasteiger partial charge in [-0.25, -0.2) is 0 Å². The Hall–Kier alpha value is -3.93. The Morgan fingerprint density at radius 3 is 0.759 bits per heavy atom. The van der Waals surface area contributed by atoms with Gasteiger partial charge in [0.05, 0.1) is 0 Å². The van der Waals surface area contributed by atoms with Gasteiger partial charge in [0.25, 0.3) is 0 Å². The zero-order valence-corrected chi connectivity index (χ0v) is 54.7. The van der Waals surface area contributed by atoms with Gasteiger partial charge in [-0.15, -0.1) is 0 Å². The molecule has 0 spiro atoms. The summed E-state index contributed by atoms with van der Waals surface area (Å²) in [4.78, 5) is 38.4. The van der Waals surface area contributed by atoms with Gasteiger partial charge < -0.3 is 14.2 Å². The maximum Gasteiger partial charge on any atom is 0.306 e. The lowest BCUT2D eigenvalue weighted by atomic mass is 10.0. The van der Waals surface area contributed by atoms with Crippen LogP contribution in [0.5, 0.6) is 0 Å². The van der Waals surface area contributed by atoms with Gasteiger partial charge >= 0.3 is 17.9 Å². The molecule has 0 N–H and O–H groups in total. The van der Waals surface area contributed by atoms with Gasteiger partial charge in [0.2, 0.25) is 0 Å². The van der Waals surface area contributed by atoms with Gasteiger partial charge in [-0.1, -0.05) is 304 Å². The maximum absolute atomic E-state index is 13.0. The van der Waals surface area contributed by atoms with Crippen molar-refractivity contribution in [3.05, 3.63) is 109 Å². The van der Waals surface area contributed by atoms with Crippen LogP contribution >= 0.6 is 0 Å². The Morgan fingerprint density at radius 2 is 0.470 bits per heavy atom. The molecule has 0 saturated heterocycles. The van der Waals surface area contributed by atoms with Crippen molar-refractivity contribution in [2.45, 2.75) is 348 Å². The van der Waals surface area contributed by atoms with E-state index in [-0.39, 0.29) is 31.1 Å². The molecule has 6 heteroatoms. The number of esters is 3. The smallest absolute Gasteiger partial charge is 0.306 e. The van der Waals surface area contributed by atoms with Crippen molar-refractivity contribution in [1.29, 1.82) is 0 Å². The molecule has 0 aliphatic rings. The summed E-state index contributed by atoms with van der Waals surface area (Å²) in [5, 5.41) is 0. The van der Waals surface area contributed by atoms with E-state index >= 15 is 0 Å². The summed E-state index contributed by atoms with van der Waals surface area (Å²) in [6, 6.07) is 0. The van der Waals surface area contributed by atoms with Gasteiger partial charge in [0.15, 0.2) is 6.10 Å². The summed E-state index contributed by atoms with van der Waals surface area (Å²) >= 11 is 0. The number of unbranched alkanes of at least 4 members (excludes halogenated alkanes) is 35. The standard InChI is InChI=1S/C77H132O6/c1-4-7-10-13-16-19-22-25-27-29-31-33-35-36-37-38-39-40-42-43-45-47-49-52-55-58-61-64-67-70-76(79)82-73-74(72-81-75(78)69-66-63-60-57-54-51-24-21-18-15-12-9-6-3)83-77(80)71-68-65-62-59-56-53-50-48-46-44-41-34-32-30-28-26-23-20-17-14-11-8-5-2/h7,10,16,19,21,23-27,30-33,36-37,39-40,74H,4-6,8-9,11-15,17-18,20,22,28-29,34-35,38,41-73H2,1-3H3/b10-7-,19-16-,24-21-,26-23-,27-25-,32-30-,33-31-,37-36-,40-39-. The van der Waals surface area contributed by atoms with Gasteiger partial charge in [-0.2, -0.15) is 0 Å². The van der Waals surface area contributed by atoms with Crippen LogP contribution in [0.15, 0.2) is 109 Å². The summed E-state index contributed by atoms with van der Waals surface area (Å²) < 4.78 is 17.0. The fraction of sp³-hybridized carbons (Fsp3) is 0.727. The molecule has 0 fully saturated rings. The first-order chi connectivity index (χ1) is 41.0. The Morgan fingerprint density at radius 1 is 0.253 bits per heavy atom. The molecule has 0 aliphatic heterocycles. The van der Waals surface area contributed by atoms with E-state index in [2.05, 4.69) is 130 Å². The van der Waals surface area contributed by atoms with Crippen LogP contribution in [0.2, 0.25) is 0 Å². The highest BCUT2D eigenvalue weighted by atomic mass is 16.6. The van der Waals surface area contributed by atoms with Crippen LogP contribution in [-0.4, -0.2) is 37.2 Å². The van der Waals surface area contributed by atoms with Crippen molar-refractivity contribution in [2.24, 2.45) is 0 Å². The highest BCUT2D eigenvalue weighted by Gasteiger charge is 2.19. The van der Waals surface area contributed by atoms with E-state index in [1.165, 1.54) is 193 Å². The van der Waals surface area contributed by atoms with Crippen LogP contribution in [0.3, 0.4) is 0 Å². The molecule has 0 amide bonds. The molecular formula is C77H132O6. The minimum atomic E-state index is -0.787. The fourth-order valence-corrected chi connectivity index (χ4v) is 9.94. The van der Waals surface area contributed by atoms with Crippen LogP contribution in [0.25, 0.3) is 0 Å². The second kappa shape index (κ2) is 70.6. The first-order valence-corrected chi connectivity index (χ1v) is 35.4. The van der Waals surface area contributed by atoms with Crippen LogP contribution in [0.1, 0.15) is 342 Å². The second-order valence-electron chi connectivity index (χ2n) is 23.4. The van der Waals surface area contributed by atoms with Crippen LogP contribution in [0.4, 0.5) is 0 Å². The topological polar surface area (TPSA) is 78.9 Å². The average Bonchev–Trinajstić information content (AvgIpc) is 3.49. The van der Waals surface area contributed by atoms with Crippen molar-refractivity contribution >= 4 is 17.9 Å². The van der Waals surface area contributed by atoms with Crippen molar-refractivity contribution in [3.8, 4) is 0 Å². The first-order valence-electron chi connectivity index (χ1n) is 35.4. The maximum atomic E-state index is 13.0. The quantitative estimate of drug-likeness (QED) is 0.0261. The third-order valence-electron chi connectivity index (χ3n) is 15.2. The zero-order valence-electron chi connectivity index (χ0n) is 54.7. The normalized spacial score (nSPS) is 12.8. The lowest BCUT2D eigenvalue weighted by Crippen LogP contribution is -2.30. The monoisotopic (exact) mass is 1150 g/mol. The summed E-state index contributed by atoms with van der Waals surface area (Å²) in [6.07, 6.45) is 96.8. The van der Waals surface area contributed by atoms with E-state index in [4.69, 9.17) is 14.2 Å². The molecular weight excluding hydrogens is 1020 g/mol. The molecule has 1 unspecified atom stereocenters. The molecule has 6 nitrogen and oxygen atoms in total. The molecule has 0 aliphatic carbocycles. The molecule has 0 aromatic carbocycles. The number of carbonyl (C=O) groups is 3. The Bertz CT molecular complexity index is 1660. The fourth-order valence-electron chi connectivity index (χ4n) is 9.94. The van der Waals surface area contributed by atoms with Crippen molar-refractivity contribution in [3.63, 3.8) is 0 Å². The first kappa shape index (κ1) is 79.1. The van der Waals surface area contributed by atoms with E-state index in [9.17, 15) is 14.4 Å². The molecule has 0 heterocycles. The predicted molar refractivity (Wildman–Crippen MR) is 362 cm³/mol. The number of hydrogen-bond donors (Lipinski definition) is 0. The van der Waals surface area contributed by atoms with Crippen molar-refractivity contribution < 1.29 is 28.6 Å². The average molecular weight is 1150 g/mol. The summed E-state index contributed by atoms with van der Waals surface area (Å²) in [6.45, 7) is 6.52. The lowest BCUT2D eigenvalue weighted by molar-refractivity contribution is -0.167. The second-order valence-corrected chi connectivity index (χ2v) is 23.4. The molecule has 83 heavy (non-hydrogen) atoms. The number of carbonyl (C=O) groups excluding carboxylic acids is 3. The number of allylic oxidation sites excluding steroid dienone is 18. The highest BCUT2D eigenvalue weighted by molar-refractivity contribution is 5.71. The predicted octanol–water partition coefficient (Wildman–Crippen LogP) is 24.6. The number of rotatable bonds is 64. The Kier molecular flexibility index (Phi) is 67.2.